The third-order valence-electron chi connectivity index (χ3n) is 4.36. The van der Waals surface area contributed by atoms with Crippen molar-refractivity contribution in [2.45, 2.75) is 51.1 Å². The average Bonchev–Trinajstić information content (AvgIpc) is 3.10. The minimum Gasteiger partial charge on any atom is -0.335 e. The highest BCUT2D eigenvalue weighted by molar-refractivity contribution is 5.74. The maximum atomic E-state index is 12.1. The summed E-state index contributed by atoms with van der Waals surface area (Å²) in [4.78, 5) is 16.0. The van der Waals surface area contributed by atoms with Crippen LogP contribution >= 0.6 is 0 Å². The van der Waals surface area contributed by atoms with E-state index < -0.39 is 0 Å². The van der Waals surface area contributed by atoms with E-state index >= 15 is 0 Å². The molecule has 0 radical (unpaired) electrons. The Morgan fingerprint density at radius 2 is 1.96 bits per heavy atom. The second-order valence-corrected chi connectivity index (χ2v) is 6.11. The Hall–Kier alpha value is -2.37. The van der Waals surface area contributed by atoms with Crippen molar-refractivity contribution in [3.05, 3.63) is 42.5 Å². The number of rotatable bonds is 4. The summed E-state index contributed by atoms with van der Waals surface area (Å²) in [6.45, 7) is 1.99. The molecule has 1 aromatic heterocycles. The lowest BCUT2D eigenvalue weighted by Gasteiger charge is -2.24. The number of carbonyl (C=O) groups is 1. The molecule has 1 aliphatic rings. The Bertz CT molecular complexity index is 617. The summed E-state index contributed by atoms with van der Waals surface area (Å²) in [6.07, 6.45) is 9.06. The number of benzene rings is 1. The van der Waals surface area contributed by atoms with Gasteiger partial charge < -0.3 is 10.6 Å². The minimum absolute atomic E-state index is 0.0385. The van der Waals surface area contributed by atoms with Crippen molar-refractivity contribution < 1.29 is 4.79 Å². The fourth-order valence-corrected chi connectivity index (χ4v) is 3.01. The molecule has 1 saturated carbocycles. The molecule has 0 aliphatic heterocycles. The van der Waals surface area contributed by atoms with Crippen LogP contribution in [0.15, 0.2) is 36.9 Å². The van der Waals surface area contributed by atoms with E-state index in [4.69, 9.17) is 0 Å². The van der Waals surface area contributed by atoms with Crippen LogP contribution in [-0.4, -0.2) is 26.8 Å². The lowest BCUT2D eigenvalue weighted by Crippen LogP contribution is -2.43. The van der Waals surface area contributed by atoms with Gasteiger partial charge >= 0.3 is 6.03 Å². The first-order valence-electron chi connectivity index (χ1n) is 8.24. The molecule has 1 heterocycles. The van der Waals surface area contributed by atoms with Crippen LogP contribution in [0.5, 0.6) is 0 Å². The molecule has 1 fully saturated rings. The van der Waals surface area contributed by atoms with Gasteiger partial charge in [-0.3, -0.25) is 0 Å². The van der Waals surface area contributed by atoms with Gasteiger partial charge in [0, 0.05) is 6.04 Å². The monoisotopic (exact) mass is 313 g/mol. The highest BCUT2D eigenvalue weighted by Crippen LogP contribution is 2.18. The van der Waals surface area contributed by atoms with Crippen molar-refractivity contribution in [2.75, 3.05) is 0 Å². The normalized spacial score (nSPS) is 16.7. The van der Waals surface area contributed by atoms with Crippen LogP contribution in [0.25, 0.3) is 5.69 Å². The second kappa shape index (κ2) is 7.26. The van der Waals surface area contributed by atoms with Gasteiger partial charge in [0.1, 0.15) is 12.7 Å². The van der Waals surface area contributed by atoms with Gasteiger partial charge in [-0.1, -0.05) is 31.4 Å². The zero-order valence-electron chi connectivity index (χ0n) is 13.4. The van der Waals surface area contributed by atoms with Crippen molar-refractivity contribution in [1.82, 2.24) is 25.4 Å². The summed E-state index contributed by atoms with van der Waals surface area (Å²) < 4.78 is 1.71. The molecule has 3 rings (SSSR count). The molecule has 122 valence electrons. The van der Waals surface area contributed by atoms with Gasteiger partial charge in [-0.2, -0.15) is 5.10 Å². The van der Waals surface area contributed by atoms with Crippen molar-refractivity contribution in [2.24, 2.45) is 0 Å². The Labute approximate surface area is 136 Å². The van der Waals surface area contributed by atoms with Gasteiger partial charge in [-0.05, 0) is 37.5 Å². The van der Waals surface area contributed by atoms with E-state index in [2.05, 4.69) is 20.7 Å². The third kappa shape index (κ3) is 4.09. The van der Waals surface area contributed by atoms with Gasteiger partial charge in [-0.25, -0.2) is 14.5 Å². The SMILES string of the molecule is CC(NC(=O)NC1CCCCC1)c1ccc(-n2cncn2)cc1. The molecule has 1 unspecified atom stereocenters. The van der Waals surface area contributed by atoms with E-state index in [1.165, 1.54) is 25.6 Å². The fraction of sp³-hybridized carbons (Fsp3) is 0.471. The van der Waals surface area contributed by atoms with Gasteiger partial charge in [0.15, 0.2) is 0 Å². The smallest absolute Gasteiger partial charge is 0.315 e. The van der Waals surface area contributed by atoms with E-state index in [-0.39, 0.29) is 12.1 Å². The number of hydrogen-bond donors (Lipinski definition) is 2. The van der Waals surface area contributed by atoms with Crippen molar-refractivity contribution >= 4 is 6.03 Å². The number of hydrogen-bond acceptors (Lipinski definition) is 3. The molecule has 2 aromatic rings. The lowest BCUT2D eigenvalue weighted by atomic mass is 9.96. The summed E-state index contributed by atoms with van der Waals surface area (Å²) in [7, 11) is 0. The van der Waals surface area contributed by atoms with Crippen molar-refractivity contribution in [1.29, 1.82) is 0 Å². The van der Waals surface area contributed by atoms with E-state index in [1.807, 2.05) is 31.2 Å². The van der Waals surface area contributed by atoms with Crippen LogP contribution in [0.2, 0.25) is 0 Å². The Morgan fingerprint density at radius 1 is 1.22 bits per heavy atom. The summed E-state index contributed by atoms with van der Waals surface area (Å²) in [5, 5.41) is 10.2. The van der Waals surface area contributed by atoms with Crippen LogP contribution in [0.1, 0.15) is 50.6 Å². The van der Waals surface area contributed by atoms with Crippen LogP contribution in [0, 0.1) is 0 Å². The predicted octanol–water partition coefficient (Wildman–Crippen LogP) is 2.96. The minimum atomic E-state index is -0.0789. The molecule has 1 aromatic carbocycles. The maximum Gasteiger partial charge on any atom is 0.315 e. The molecule has 0 bridgehead atoms. The Morgan fingerprint density at radius 3 is 2.61 bits per heavy atom. The van der Waals surface area contributed by atoms with Crippen molar-refractivity contribution in [3.8, 4) is 5.69 Å². The van der Waals surface area contributed by atoms with E-state index in [0.29, 0.717) is 6.04 Å². The fourth-order valence-electron chi connectivity index (χ4n) is 3.01. The molecule has 0 saturated heterocycles. The molecule has 23 heavy (non-hydrogen) atoms. The van der Waals surface area contributed by atoms with Gasteiger partial charge in [-0.15, -0.1) is 0 Å². The first kappa shape index (κ1) is 15.5. The van der Waals surface area contributed by atoms with Gasteiger partial charge in [0.05, 0.1) is 11.7 Å². The van der Waals surface area contributed by atoms with Crippen LogP contribution in [0.4, 0.5) is 4.79 Å². The topological polar surface area (TPSA) is 71.8 Å². The standard InChI is InChI=1S/C17H23N5O/c1-13(20-17(23)21-15-5-3-2-4-6-15)14-7-9-16(10-8-14)22-12-18-11-19-22/h7-13,15H,2-6H2,1H3,(H2,20,21,23). The molecule has 1 aliphatic carbocycles. The zero-order chi connectivity index (χ0) is 16.1. The third-order valence-corrected chi connectivity index (χ3v) is 4.36. The summed E-state index contributed by atoms with van der Waals surface area (Å²) in [5.41, 5.74) is 2.01. The molecule has 6 nitrogen and oxygen atoms in total. The molecule has 2 N–H and O–H groups in total. The number of aromatic nitrogens is 3. The van der Waals surface area contributed by atoms with Gasteiger partial charge in [0.2, 0.25) is 0 Å². The number of nitrogens with one attached hydrogen (secondary N) is 2. The number of nitrogens with zero attached hydrogens (tertiary/aromatic N) is 3. The molecular formula is C17H23N5O. The van der Waals surface area contributed by atoms with Crippen LogP contribution < -0.4 is 10.6 Å². The number of urea groups is 1. The van der Waals surface area contributed by atoms with Gasteiger partial charge in [0.25, 0.3) is 0 Å². The second-order valence-electron chi connectivity index (χ2n) is 6.11. The van der Waals surface area contributed by atoms with Crippen LogP contribution in [0.3, 0.4) is 0 Å². The van der Waals surface area contributed by atoms with Crippen LogP contribution in [-0.2, 0) is 0 Å². The predicted molar refractivity (Wildman–Crippen MR) is 88.3 cm³/mol. The highest BCUT2D eigenvalue weighted by atomic mass is 16.2. The first-order chi connectivity index (χ1) is 11.2. The van der Waals surface area contributed by atoms with E-state index in [1.54, 1.807) is 11.0 Å². The summed E-state index contributed by atoms with van der Waals surface area (Å²) >= 11 is 0. The summed E-state index contributed by atoms with van der Waals surface area (Å²) in [5.74, 6) is 0. The number of carbonyl (C=O) groups excluding carboxylic acids is 1. The average molecular weight is 313 g/mol. The highest BCUT2D eigenvalue weighted by Gasteiger charge is 2.17. The molecular weight excluding hydrogens is 290 g/mol. The maximum absolute atomic E-state index is 12.1. The lowest BCUT2D eigenvalue weighted by molar-refractivity contribution is 0.229. The van der Waals surface area contributed by atoms with E-state index in [0.717, 1.165) is 24.1 Å². The molecule has 2 amide bonds. The van der Waals surface area contributed by atoms with Crippen molar-refractivity contribution in [3.63, 3.8) is 0 Å². The summed E-state index contributed by atoms with van der Waals surface area (Å²) in [6, 6.07) is 8.16. The first-order valence-corrected chi connectivity index (χ1v) is 8.24. The quantitative estimate of drug-likeness (QED) is 0.911. The molecule has 1 atom stereocenters. The zero-order valence-corrected chi connectivity index (χ0v) is 13.4. The Balaban J connectivity index is 1.55. The Kier molecular flexibility index (Phi) is 4.90. The molecule has 6 heteroatoms. The molecule has 0 spiro atoms. The van der Waals surface area contributed by atoms with E-state index in [9.17, 15) is 4.79 Å². The number of amides is 2. The largest absolute Gasteiger partial charge is 0.335 e.